The number of carbonyl (C=O) groups excluding carboxylic acids is 1. The number of amides is 1. The first kappa shape index (κ1) is 22.8. The second kappa shape index (κ2) is 9.63. The number of carbonyl (C=O) groups is 2. The van der Waals surface area contributed by atoms with Gasteiger partial charge in [0.05, 0.1) is 6.54 Å². The SMILES string of the molecule is O=C(O)COC1(c2ccc(Br)cc2)CN(C(=O)OCc2ccccc2)C2(CCCCC2)C1. The quantitative estimate of drug-likeness (QED) is 0.566. The molecule has 4 rings (SSSR count). The molecule has 2 fully saturated rings. The number of aliphatic carboxylic acids is 1. The summed E-state index contributed by atoms with van der Waals surface area (Å²) in [5.74, 6) is -1.02. The molecule has 7 heteroatoms. The van der Waals surface area contributed by atoms with E-state index in [0.29, 0.717) is 6.42 Å². The van der Waals surface area contributed by atoms with Crippen LogP contribution in [0.25, 0.3) is 0 Å². The number of likely N-dealkylation sites (tertiary alicyclic amines) is 1. The molecule has 1 unspecified atom stereocenters. The summed E-state index contributed by atoms with van der Waals surface area (Å²) in [5, 5.41) is 9.33. The lowest BCUT2D eigenvalue weighted by Crippen LogP contribution is -2.48. The van der Waals surface area contributed by atoms with E-state index in [9.17, 15) is 14.7 Å². The zero-order valence-corrected chi connectivity index (χ0v) is 19.6. The Balaban J connectivity index is 1.64. The Bertz CT molecular complexity index is 943. The number of hydrogen-bond acceptors (Lipinski definition) is 4. The number of hydrogen-bond donors (Lipinski definition) is 1. The van der Waals surface area contributed by atoms with E-state index in [2.05, 4.69) is 15.9 Å². The Morgan fingerprint density at radius 3 is 2.34 bits per heavy atom. The number of ether oxygens (including phenoxy) is 2. The summed E-state index contributed by atoms with van der Waals surface area (Å²) in [7, 11) is 0. The van der Waals surface area contributed by atoms with E-state index in [0.717, 1.165) is 47.7 Å². The standard InChI is InChI=1S/C25H28BrNO5/c26-21-11-9-20(10-12-21)25(32-16-22(28)29)17-24(13-5-2-6-14-24)27(18-25)23(30)31-15-19-7-3-1-4-8-19/h1,3-4,7-12H,2,5-6,13-18H2,(H,28,29). The zero-order valence-electron chi connectivity index (χ0n) is 18.0. The van der Waals surface area contributed by atoms with Crippen molar-refractivity contribution in [3.8, 4) is 0 Å². The first-order chi connectivity index (χ1) is 15.4. The minimum absolute atomic E-state index is 0.202. The fourth-order valence-electron chi connectivity index (χ4n) is 5.14. The third-order valence-corrected chi connectivity index (χ3v) is 7.18. The normalized spacial score (nSPS) is 22.1. The molecule has 0 bridgehead atoms. The van der Waals surface area contributed by atoms with Crippen molar-refractivity contribution in [3.05, 3.63) is 70.2 Å². The lowest BCUT2D eigenvalue weighted by Gasteiger charge is -2.40. The summed E-state index contributed by atoms with van der Waals surface area (Å²) in [6.07, 6.45) is 5.11. The van der Waals surface area contributed by atoms with Crippen LogP contribution in [0, 0.1) is 0 Å². The highest BCUT2D eigenvalue weighted by atomic mass is 79.9. The summed E-state index contributed by atoms with van der Waals surface area (Å²) in [6.45, 7) is 0.0576. The summed E-state index contributed by atoms with van der Waals surface area (Å²) < 4.78 is 12.7. The molecule has 0 radical (unpaired) electrons. The highest BCUT2D eigenvalue weighted by Gasteiger charge is 2.57. The molecule has 2 aromatic carbocycles. The minimum Gasteiger partial charge on any atom is -0.480 e. The highest BCUT2D eigenvalue weighted by Crippen LogP contribution is 2.51. The summed E-state index contributed by atoms with van der Waals surface area (Å²) in [6, 6.07) is 17.3. The van der Waals surface area contributed by atoms with Gasteiger partial charge in [0.2, 0.25) is 0 Å². The number of rotatable bonds is 6. The van der Waals surface area contributed by atoms with Gasteiger partial charge in [0.15, 0.2) is 0 Å². The van der Waals surface area contributed by atoms with Crippen LogP contribution >= 0.6 is 15.9 Å². The molecule has 0 aromatic heterocycles. The van der Waals surface area contributed by atoms with Gasteiger partial charge in [-0.1, -0.05) is 77.7 Å². The Morgan fingerprint density at radius 2 is 1.69 bits per heavy atom. The van der Waals surface area contributed by atoms with E-state index < -0.39 is 23.7 Å². The summed E-state index contributed by atoms with van der Waals surface area (Å²) >= 11 is 3.46. The molecule has 1 spiro atoms. The molecule has 1 saturated heterocycles. The molecule has 32 heavy (non-hydrogen) atoms. The molecule has 1 aliphatic heterocycles. The number of halogens is 1. The Kier molecular flexibility index (Phi) is 6.86. The maximum atomic E-state index is 13.3. The number of carboxylic acid groups (broad SMARTS) is 1. The molecular formula is C25H28BrNO5. The Labute approximate surface area is 196 Å². The first-order valence-electron chi connectivity index (χ1n) is 11.0. The fourth-order valence-corrected chi connectivity index (χ4v) is 5.41. The van der Waals surface area contributed by atoms with Gasteiger partial charge in [-0.05, 0) is 36.1 Å². The van der Waals surface area contributed by atoms with Crippen LogP contribution in [0.5, 0.6) is 0 Å². The minimum atomic E-state index is -1.02. The van der Waals surface area contributed by atoms with E-state index in [1.165, 1.54) is 0 Å². The van der Waals surface area contributed by atoms with Crippen LogP contribution in [0.4, 0.5) is 4.79 Å². The van der Waals surface area contributed by atoms with Gasteiger partial charge in [0.25, 0.3) is 0 Å². The van der Waals surface area contributed by atoms with E-state index >= 15 is 0 Å². The van der Waals surface area contributed by atoms with Crippen LogP contribution in [0.15, 0.2) is 59.1 Å². The van der Waals surface area contributed by atoms with Gasteiger partial charge < -0.3 is 14.6 Å². The second-order valence-corrected chi connectivity index (χ2v) is 9.69. The van der Waals surface area contributed by atoms with Crippen molar-refractivity contribution < 1.29 is 24.2 Å². The van der Waals surface area contributed by atoms with Gasteiger partial charge in [-0.2, -0.15) is 0 Å². The van der Waals surface area contributed by atoms with Gasteiger partial charge in [-0.3, -0.25) is 4.90 Å². The van der Waals surface area contributed by atoms with Gasteiger partial charge in [0, 0.05) is 16.4 Å². The maximum absolute atomic E-state index is 13.3. The van der Waals surface area contributed by atoms with Crippen molar-refractivity contribution in [2.24, 2.45) is 0 Å². The Morgan fingerprint density at radius 1 is 1.00 bits per heavy atom. The molecule has 1 amide bonds. The molecule has 2 aliphatic rings. The fraction of sp³-hybridized carbons (Fsp3) is 0.440. The Hall–Kier alpha value is -2.38. The molecule has 1 saturated carbocycles. The van der Waals surface area contributed by atoms with E-state index in [-0.39, 0.29) is 19.2 Å². The monoisotopic (exact) mass is 501 g/mol. The van der Waals surface area contributed by atoms with Crippen molar-refractivity contribution in [1.29, 1.82) is 0 Å². The highest BCUT2D eigenvalue weighted by molar-refractivity contribution is 9.10. The largest absolute Gasteiger partial charge is 0.480 e. The van der Waals surface area contributed by atoms with Crippen LogP contribution in [0.1, 0.15) is 49.7 Å². The molecular weight excluding hydrogens is 474 g/mol. The number of carboxylic acids is 1. The van der Waals surface area contributed by atoms with Crippen LogP contribution in [-0.2, 0) is 26.5 Å². The first-order valence-corrected chi connectivity index (χ1v) is 11.8. The van der Waals surface area contributed by atoms with Crippen molar-refractivity contribution in [1.82, 2.24) is 4.90 Å². The predicted octanol–water partition coefficient (Wildman–Crippen LogP) is 5.49. The lowest BCUT2D eigenvalue weighted by atomic mass is 9.76. The van der Waals surface area contributed by atoms with Gasteiger partial charge in [-0.25, -0.2) is 9.59 Å². The van der Waals surface area contributed by atoms with Crippen molar-refractivity contribution >= 4 is 28.0 Å². The van der Waals surface area contributed by atoms with Crippen molar-refractivity contribution in [3.63, 3.8) is 0 Å². The molecule has 2 aromatic rings. The number of nitrogens with zero attached hydrogens (tertiary/aromatic N) is 1. The molecule has 1 N–H and O–H groups in total. The summed E-state index contributed by atoms with van der Waals surface area (Å²) in [4.78, 5) is 26.5. The van der Waals surface area contributed by atoms with E-state index in [1.54, 1.807) is 0 Å². The molecule has 1 atom stereocenters. The van der Waals surface area contributed by atoms with E-state index in [4.69, 9.17) is 9.47 Å². The van der Waals surface area contributed by atoms with Crippen LogP contribution in [0.2, 0.25) is 0 Å². The smallest absolute Gasteiger partial charge is 0.410 e. The van der Waals surface area contributed by atoms with Crippen LogP contribution in [0.3, 0.4) is 0 Å². The van der Waals surface area contributed by atoms with Crippen LogP contribution < -0.4 is 0 Å². The predicted molar refractivity (Wildman–Crippen MR) is 123 cm³/mol. The molecule has 6 nitrogen and oxygen atoms in total. The topological polar surface area (TPSA) is 76.1 Å². The van der Waals surface area contributed by atoms with Gasteiger partial charge in [0.1, 0.15) is 18.8 Å². The van der Waals surface area contributed by atoms with Crippen LogP contribution in [-0.4, -0.2) is 40.8 Å². The third-order valence-electron chi connectivity index (χ3n) is 6.65. The van der Waals surface area contributed by atoms with Gasteiger partial charge in [-0.15, -0.1) is 0 Å². The number of benzene rings is 2. The van der Waals surface area contributed by atoms with Crippen molar-refractivity contribution in [2.75, 3.05) is 13.2 Å². The summed E-state index contributed by atoms with van der Waals surface area (Å²) in [5.41, 5.74) is 0.532. The molecule has 1 aliphatic carbocycles. The lowest BCUT2D eigenvalue weighted by molar-refractivity contribution is -0.150. The second-order valence-electron chi connectivity index (χ2n) is 8.77. The van der Waals surface area contributed by atoms with Gasteiger partial charge >= 0.3 is 12.1 Å². The molecule has 1 heterocycles. The maximum Gasteiger partial charge on any atom is 0.410 e. The third kappa shape index (κ3) is 4.84. The average Bonchev–Trinajstić information content (AvgIpc) is 3.12. The average molecular weight is 502 g/mol. The zero-order chi connectivity index (χ0) is 22.6. The molecule has 170 valence electrons. The van der Waals surface area contributed by atoms with Crippen molar-refractivity contribution in [2.45, 2.75) is 56.3 Å². The van der Waals surface area contributed by atoms with E-state index in [1.807, 2.05) is 59.5 Å².